The highest BCUT2D eigenvalue weighted by atomic mass is 16.5. The van der Waals surface area contributed by atoms with E-state index in [0.717, 1.165) is 17.7 Å². The Morgan fingerprint density at radius 1 is 1.27 bits per heavy atom. The second-order valence-corrected chi connectivity index (χ2v) is 5.36. The van der Waals surface area contributed by atoms with Crippen LogP contribution in [0.25, 0.3) is 0 Å². The van der Waals surface area contributed by atoms with Gasteiger partial charge in [0.05, 0.1) is 11.7 Å². The van der Waals surface area contributed by atoms with E-state index in [-0.39, 0.29) is 12.0 Å². The molecule has 118 valence electrons. The van der Waals surface area contributed by atoms with E-state index in [2.05, 4.69) is 17.4 Å². The molecular formula is C18H23NO3. The highest BCUT2D eigenvalue weighted by Gasteiger charge is 2.12. The monoisotopic (exact) mass is 301 g/mol. The smallest absolute Gasteiger partial charge is 0.254 e. The number of carbonyl (C=O) groups excluding carboxylic acids is 1. The predicted molar refractivity (Wildman–Crippen MR) is 85.9 cm³/mol. The second kappa shape index (κ2) is 7.80. The molecule has 1 N–H and O–H groups in total. The predicted octanol–water partition coefficient (Wildman–Crippen LogP) is 3.79. The number of benzene rings is 1. The fourth-order valence-electron chi connectivity index (χ4n) is 2.31. The lowest BCUT2D eigenvalue weighted by atomic mass is 10.1. The van der Waals surface area contributed by atoms with E-state index >= 15 is 0 Å². The molecule has 0 unspecified atom stereocenters. The molecule has 0 aliphatic heterocycles. The molecule has 0 spiro atoms. The molecule has 1 aromatic carbocycles. The summed E-state index contributed by atoms with van der Waals surface area (Å²) in [6.07, 6.45) is 0.842. The van der Waals surface area contributed by atoms with Crippen LogP contribution in [0.15, 0.2) is 40.8 Å². The van der Waals surface area contributed by atoms with Crippen molar-refractivity contribution in [2.75, 3.05) is 13.2 Å². The van der Waals surface area contributed by atoms with Crippen LogP contribution in [0.1, 0.15) is 46.9 Å². The lowest BCUT2D eigenvalue weighted by molar-refractivity contribution is 0.0635. The van der Waals surface area contributed by atoms with Crippen LogP contribution in [0.5, 0.6) is 0 Å². The van der Waals surface area contributed by atoms with E-state index in [1.165, 1.54) is 0 Å². The van der Waals surface area contributed by atoms with Gasteiger partial charge in [-0.2, -0.15) is 0 Å². The fourth-order valence-corrected chi connectivity index (χ4v) is 2.31. The van der Waals surface area contributed by atoms with E-state index in [0.29, 0.717) is 24.5 Å². The lowest BCUT2D eigenvalue weighted by Gasteiger charge is -2.13. The summed E-state index contributed by atoms with van der Waals surface area (Å²) in [7, 11) is 0. The molecule has 22 heavy (non-hydrogen) atoms. The largest absolute Gasteiger partial charge is 0.466 e. The maximum absolute atomic E-state index is 12.0. The summed E-state index contributed by atoms with van der Waals surface area (Å²) >= 11 is 0. The van der Waals surface area contributed by atoms with Crippen molar-refractivity contribution in [1.29, 1.82) is 0 Å². The molecule has 4 nitrogen and oxygen atoms in total. The van der Waals surface area contributed by atoms with Crippen molar-refractivity contribution in [3.05, 3.63) is 59.0 Å². The molecule has 0 saturated carbocycles. The van der Waals surface area contributed by atoms with Gasteiger partial charge in [0.2, 0.25) is 0 Å². The van der Waals surface area contributed by atoms with Gasteiger partial charge in [-0.25, -0.2) is 0 Å². The van der Waals surface area contributed by atoms with Crippen LogP contribution < -0.4 is 5.32 Å². The van der Waals surface area contributed by atoms with Crippen molar-refractivity contribution >= 4 is 5.91 Å². The third-order valence-corrected chi connectivity index (χ3v) is 3.53. The Hall–Kier alpha value is -2.07. The minimum atomic E-state index is -0.0922. The molecule has 2 aromatic rings. The van der Waals surface area contributed by atoms with Gasteiger partial charge in [0.25, 0.3) is 5.91 Å². The molecule has 2 rings (SSSR count). The normalized spacial score (nSPS) is 12.1. The van der Waals surface area contributed by atoms with Gasteiger partial charge in [0.15, 0.2) is 0 Å². The van der Waals surface area contributed by atoms with Crippen molar-refractivity contribution in [3.63, 3.8) is 0 Å². The third kappa shape index (κ3) is 4.46. The molecule has 4 heteroatoms. The molecule has 0 fully saturated rings. The lowest BCUT2D eigenvalue weighted by Crippen LogP contribution is -2.25. The van der Waals surface area contributed by atoms with Crippen LogP contribution in [0.4, 0.5) is 0 Å². The fraction of sp³-hybridized carbons (Fsp3) is 0.389. The number of nitrogens with one attached hydrogen (secondary N) is 1. The highest BCUT2D eigenvalue weighted by molar-refractivity contribution is 5.95. The minimum Gasteiger partial charge on any atom is -0.466 e. The standard InChI is InChI=1S/C18H23NO3/c1-13-12-17(15(3)22-13)18(20)19-10-7-11-21-14(2)16-8-5-4-6-9-16/h4-6,8-9,12,14H,7,10-11H2,1-3H3,(H,19,20)/t14-/m0/s1. The Morgan fingerprint density at radius 3 is 2.64 bits per heavy atom. The summed E-state index contributed by atoms with van der Waals surface area (Å²) in [5, 5.41) is 2.89. The maximum Gasteiger partial charge on any atom is 0.254 e. The zero-order valence-corrected chi connectivity index (χ0v) is 13.4. The third-order valence-electron chi connectivity index (χ3n) is 3.53. The van der Waals surface area contributed by atoms with Crippen molar-refractivity contribution < 1.29 is 13.9 Å². The number of aryl methyl sites for hydroxylation is 2. The van der Waals surface area contributed by atoms with E-state index in [9.17, 15) is 4.79 Å². The van der Waals surface area contributed by atoms with E-state index in [1.807, 2.05) is 32.0 Å². The molecular weight excluding hydrogens is 278 g/mol. The molecule has 1 atom stereocenters. The van der Waals surface area contributed by atoms with Crippen LogP contribution in [0.3, 0.4) is 0 Å². The highest BCUT2D eigenvalue weighted by Crippen LogP contribution is 2.16. The first-order valence-corrected chi connectivity index (χ1v) is 7.59. The number of hydrogen-bond donors (Lipinski definition) is 1. The quantitative estimate of drug-likeness (QED) is 0.791. The number of rotatable bonds is 7. The number of amides is 1. The van der Waals surface area contributed by atoms with Crippen LogP contribution in [0.2, 0.25) is 0 Å². The Bertz CT molecular complexity index is 604. The summed E-state index contributed by atoms with van der Waals surface area (Å²) in [6, 6.07) is 11.9. The van der Waals surface area contributed by atoms with Gasteiger partial charge in [-0.1, -0.05) is 30.3 Å². The average Bonchev–Trinajstić information content (AvgIpc) is 2.86. The molecule has 0 radical (unpaired) electrons. The second-order valence-electron chi connectivity index (χ2n) is 5.36. The molecule has 0 aliphatic rings. The number of carbonyl (C=O) groups is 1. The van der Waals surface area contributed by atoms with Gasteiger partial charge >= 0.3 is 0 Å². The first kappa shape index (κ1) is 16.3. The molecule has 1 heterocycles. The number of ether oxygens (including phenoxy) is 1. The summed E-state index contributed by atoms with van der Waals surface area (Å²) in [4.78, 5) is 12.0. The zero-order chi connectivity index (χ0) is 15.9. The molecule has 0 saturated heterocycles. The summed E-state index contributed by atoms with van der Waals surface area (Å²) in [6.45, 7) is 6.87. The average molecular weight is 301 g/mol. The van der Waals surface area contributed by atoms with Crippen LogP contribution >= 0.6 is 0 Å². The van der Waals surface area contributed by atoms with Crippen LogP contribution in [-0.2, 0) is 4.74 Å². The van der Waals surface area contributed by atoms with Gasteiger partial charge in [-0.05, 0) is 38.8 Å². The van der Waals surface area contributed by atoms with Gasteiger partial charge < -0.3 is 14.5 Å². The molecule has 1 amide bonds. The maximum atomic E-state index is 12.0. The summed E-state index contributed by atoms with van der Waals surface area (Å²) in [5.74, 6) is 1.32. The van der Waals surface area contributed by atoms with Crippen LogP contribution in [-0.4, -0.2) is 19.1 Å². The summed E-state index contributed by atoms with van der Waals surface area (Å²) < 4.78 is 11.1. The first-order valence-electron chi connectivity index (χ1n) is 7.59. The van der Waals surface area contributed by atoms with Crippen molar-refractivity contribution in [1.82, 2.24) is 5.32 Å². The topological polar surface area (TPSA) is 51.5 Å². The van der Waals surface area contributed by atoms with Gasteiger partial charge in [-0.15, -0.1) is 0 Å². The Kier molecular flexibility index (Phi) is 5.78. The molecule has 1 aromatic heterocycles. The minimum absolute atomic E-state index is 0.0654. The Labute approximate surface area is 131 Å². The van der Waals surface area contributed by atoms with Crippen LogP contribution in [0, 0.1) is 13.8 Å². The molecule has 0 aliphatic carbocycles. The van der Waals surface area contributed by atoms with Gasteiger partial charge in [0, 0.05) is 13.2 Å². The van der Waals surface area contributed by atoms with E-state index < -0.39 is 0 Å². The Morgan fingerprint density at radius 2 is 2.00 bits per heavy atom. The number of furan rings is 1. The van der Waals surface area contributed by atoms with Crippen molar-refractivity contribution in [3.8, 4) is 0 Å². The number of hydrogen-bond acceptors (Lipinski definition) is 3. The van der Waals surface area contributed by atoms with Gasteiger partial charge in [-0.3, -0.25) is 4.79 Å². The van der Waals surface area contributed by atoms with Crippen molar-refractivity contribution in [2.24, 2.45) is 0 Å². The zero-order valence-electron chi connectivity index (χ0n) is 13.4. The first-order chi connectivity index (χ1) is 10.6. The molecule has 0 bridgehead atoms. The summed E-state index contributed by atoms with van der Waals surface area (Å²) in [5.41, 5.74) is 1.77. The Balaban J connectivity index is 1.67. The van der Waals surface area contributed by atoms with Gasteiger partial charge in [0.1, 0.15) is 11.5 Å². The van der Waals surface area contributed by atoms with E-state index in [1.54, 1.807) is 13.0 Å². The SMILES string of the molecule is Cc1cc(C(=O)NCCCO[C@@H](C)c2ccccc2)c(C)o1. The van der Waals surface area contributed by atoms with Crippen molar-refractivity contribution in [2.45, 2.75) is 33.3 Å². The van der Waals surface area contributed by atoms with E-state index in [4.69, 9.17) is 9.15 Å².